The summed E-state index contributed by atoms with van der Waals surface area (Å²) in [7, 11) is 0. The van der Waals surface area contributed by atoms with Gasteiger partial charge in [-0.2, -0.15) is 0 Å². The topological polar surface area (TPSA) is 129 Å². The summed E-state index contributed by atoms with van der Waals surface area (Å²) in [5.74, 6) is -2.83. The van der Waals surface area contributed by atoms with Crippen LogP contribution >= 0.6 is 0 Å². The molecular formula is C19H14O8-2. The second-order valence-corrected chi connectivity index (χ2v) is 5.89. The quantitative estimate of drug-likeness (QED) is 0.437. The summed E-state index contributed by atoms with van der Waals surface area (Å²) < 4.78 is 16.0. The van der Waals surface area contributed by atoms with Crippen LogP contribution in [0.3, 0.4) is 0 Å². The van der Waals surface area contributed by atoms with Crippen molar-refractivity contribution in [2.45, 2.75) is 26.1 Å². The first-order valence-corrected chi connectivity index (χ1v) is 8.02. The van der Waals surface area contributed by atoms with Gasteiger partial charge in [-0.05, 0) is 19.9 Å². The van der Waals surface area contributed by atoms with Gasteiger partial charge >= 0.3 is 5.63 Å². The van der Waals surface area contributed by atoms with Crippen LogP contribution in [0, 0.1) is 0 Å². The second kappa shape index (κ2) is 6.99. The molecular weight excluding hydrogens is 356 g/mol. The van der Waals surface area contributed by atoms with Crippen molar-refractivity contribution in [3.63, 3.8) is 0 Å². The van der Waals surface area contributed by atoms with Crippen molar-refractivity contribution < 1.29 is 33.7 Å². The Morgan fingerprint density at radius 2 is 1.56 bits per heavy atom. The first kappa shape index (κ1) is 18.2. The monoisotopic (exact) mass is 370 g/mol. The van der Waals surface area contributed by atoms with Gasteiger partial charge in [-0.25, -0.2) is 4.79 Å². The number of carboxylic acid groups (broad SMARTS) is 2. The third-order valence-corrected chi connectivity index (χ3v) is 3.94. The Morgan fingerprint density at radius 1 is 0.963 bits per heavy atom. The lowest BCUT2D eigenvalue weighted by molar-refractivity contribution is -0.313. The van der Waals surface area contributed by atoms with Crippen LogP contribution in [-0.2, 0) is 9.59 Å². The average Bonchev–Trinajstić information content (AvgIpc) is 2.61. The van der Waals surface area contributed by atoms with Gasteiger partial charge in [-0.1, -0.05) is 18.2 Å². The van der Waals surface area contributed by atoms with Crippen LogP contribution in [0.1, 0.15) is 13.8 Å². The molecule has 140 valence electrons. The molecule has 0 fully saturated rings. The Hall–Kier alpha value is -3.55. The molecule has 1 heterocycles. The van der Waals surface area contributed by atoms with Crippen LogP contribution in [0.2, 0.25) is 0 Å². The number of carboxylic acids is 2. The van der Waals surface area contributed by atoms with E-state index in [1.165, 1.54) is 26.0 Å². The Kier molecular flexibility index (Phi) is 4.72. The van der Waals surface area contributed by atoms with E-state index in [2.05, 4.69) is 0 Å². The maximum atomic E-state index is 12.2. The van der Waals surface area contributed by atoms with E-state index in [1.54, 1.807) is 24.3 Å². The van der Waals surface area contributed by atoms with Gasteiger partial charge < -0.3 is 33.7 Å². The molecule has 0 amide bonds. The van der Waals surface area contributed by atoms with Gasteiger partial charge in [0.25, 0.3) is 0 Å². The van der Waals surface area contributed by atoms with Crippen LogP contribution in [0.25, 0.3) is 21.7 Å². The molecule has 2 aromatic carbocycles. The van der Waals surface area contributed by atoms with Gasteiger partial charge in [-0.3, -0.25) is 0 Å². The molecule has 0 bridgehead atoms. The van der Waals surface area contributed by atoms with Crippen molar-refractivity contribution in [1.29, 1.82) is 0 Å². The summed E-state index contributed by atoms with van der Waals surface area (Å²) in [5.41, 5.74) is -0.551. The Bertz CT molecular complexity index is 1100. The smallest absolute Gasteiger partial charge is 0.344 e. The molecule has 27 heavy (non-hydrogen) atoms. The summed E-state index contributed by atoms with van der Waals surface area (Å²) >= 11 is 0. The first-order valence-electron chi connectivity index (χ1n) is 8.02. The Labute approximate surface area is 152 Å². The second-order valence-electron chi connectivity index (χ2n) is 5.89. The van der Waals surface area contributed by atoms with Crippen molar-refractivity contribution in [2.24, 2.45) is 0 Å². The average molecular weight is 370 g/mol. The molecule has 3 aromatic rings. The van der Waals surface area contributed by atoms with Crippen molar-refractivity contribution in [1.82, 2.24) is 0 Å². The number of aliphatic carboxylic acids is 2. The predicted octanol–water partition coefficient (Wildman–Crippen LogP) is -0.0194. The summed E-state index contributed by atoms with van der Waals surface area (Å²) in [6.45, 7) is 2.54. The molecule has 0 saturated heterocycles. The molecule has 0 spiro atoms. The van der Waals surface area contributed by atoms with Crippen LogP contribution in [0.4, 0.5) is 0 Å². The van der Waals surface area contributed by atoms with E-state index in [4.69, 9.17) is 13.9 Å². The molecule has 2 atom stereocenters. The SMILES string of the molecule is C[C@H](Oc1cc(O[C@@H](C)C(=O)[O-])c2c(c1)oc(=O)c1ccccc12)C(=O)[O-]. The predicted molar refractivity (Wildman–Crippen MR) is 90.2 cm³/mol. The highest BCUT2D eigenvalue weighted by Crippen LogP contribution is 2.36. The zero-order valence-electron chi connectivity index (χ0n) is 14.4. The number of ether oxygens (including phenoxy) is 2. The molecule has 0 unspecified atom stereocenters. The third-order valence-electron chi connectivity index (χ3n) is 3.94. The maximum Gasteiger partial charge on any atom is 0.344 e. The molecule has 8 nitrogen and oxygen atoms in total. The molecule has 0 radical (unpaired) electrons. The highest BCUT2D eigenvalue weighted by atomic mass is 16.5. The fraction of sp³-hybridized carbons (Fsp3) is 0.211. The number of carbonyl (C=O) groups is 2. The fourth-order valence-corrected chi connectivity index (χ4v) is 2.60. The van der Waals surface area contributed by atoms with Crippen molar-refractivity contribution in [3.05, 3.63) is 46.8 Å². The minimum atomic E-state index is -1.45. The van der Waals surface area contributed by atoms with Gasteiger partial charge in [0.2, 0.25) is 0 Å². The van der Waals surface area contributed by atoms with E-state index >= 15 is 0 Å². The van der Waals surface area contributed by atoms with Crippen LogP contribution in [0.15, 0.2) is 45.6 Å². The number of hydrogen-bond donors (Lipinski definition) is 0. The Balaban J connectivity index is 2.28. The summed E-state index contributed by atoms with van der Waals surface area (Å²) in [6.07, 6.45) is -2.60. The first-order chi connectivity index (χ1) is 12.8. The molecule has 0 aliphatic rings. The van der Waals surface area contributed by atoms with Gasteiger partial charge in [0, 0.05) is 17.5 Å². The lowest BCUT2D eigenvalue weighted by Crippen LogP contribution is -2.37. The lowest BCUT2D eigenvalue weighted by Gasteiger charge is -2.20. The molecule has 3 rings (SSSR count). The van der Waals surface area contributed by atoms with E-state index in [0.717, 1.165) is 0 Å². The van der Waals surface area contributed by atoms with E-state index in [-0.39, 0.29) is 22.5 Å². The fourth-order valence-electron chi connectivity index (χ4n) is 2.60. The number of rotatable bonds is 6. The minimum Gasteiger partial charge on any atom is -0.546 e. The highest BCUT2D eigenvalue weighted by Gasteiger charge is 2.17. The molecule has 0 saturated carbocycles. The standard InChI is InChI=1S/C19H16O8/c1-9(17(20)21)25-11-7-14(26-10(2)18(22)23)16-12-5-3-4-6-13(12)19(24)27-15(16)8-11/h3-10H,1-2H3,(H,20,21)(H,22,23)/p-2/t9-,10-/m0/s1. The number of hydrogen-bond acceptors (Lipinski definition) is 8. The molecule has 0 aliphatic heterocycles. The number of carbonyl (C=O) groups excluding carboxylic acids is 2. The maximum absolute atomic E-state index is 12.2. The van der Waals surface area contributed by atoms with E-state index in [9.17, 15) is 24.6 Å². The zero-order valence-corrected chi connectivity index (χ0v) is 14.4. The van der Waals surface area contributed by atoms with E-state index in [1.807, 2.05) is 0 Å². The van der Waals surface area contributed by atoms with E-state index in [0.29, 0.717) is 10.8 Å². The van der Waals surface area contributed by atoms with Crippen LogP contribution in [-0.4, -0.2) is 24.1 Å². The summed E-state index contributed by atoms with van der Waals surface area (Å²) in [5, 5.41) is 23.1. The van der Waals surface area contributed by atoms with Gasteiger partial charge in [0.1, 0.15) is 29.3 Å². The normalized spacial score (nSPS) is 13.3. The van der Waals surface area contributed by atoms with Crippen LogP contribution in [0.5, 0.6) is 11.5 Å². The van der Waals surface area contributed by atoms with Crippen LogP contribution < -0.4 is 25.3 Å². The number of benzene rings is 2. The van der Waals surface area contributed by atoms with Gasteiger partial charge in [0.05, 0.1) is 22.7 Å². The zero-order chi connectivity index (χ0) is 19.7. The Morgan fingerprint density at radius 3 is 2.19 bits per heavy atom. The molecule has 0 aliphatic carbocycles. The van der Waals surface area contributed by atoms with E-state index < -0.39 is 29.8 Å². The molecule has 8 heteroatoms. The highest BCUT2D eigenvalue weighted by molar-refractivity contribution is 6.08. The summed E-state index contributed by atoms with van der Waals surface area (Å²) in [6, 6.07) is 9.25. The minimum absolute atomic E-state index is 0.0122. The van der Waals surface area contributed by atoms with Crippen molar-refractivity contribution >= 4 is 33.7 Å². The number of fused-ring (bicyclic) bond motifs is 3. The van der Waals surface area contributed by atoms with Gasteiger partial charge in [0.15, 0.2) is 0 Å². The van der Waals surface area contributed by atoms with Crippen molar-refractivity contribution in [2.75, 3.05) is 0 Å². The lowest BCUT2D eigenvalue weighted by atomic mass is 10.1. The largest absolute Gasteiger partial charge is 0.546 e. The molecule has 0 N–H and O–H groups in total. The summed E-state index contributed by atoms with van der Waals surface area (Å²) in [4.78, 5) is 34.2. The van der Waals surface area contributed by atoms with Crippen molar-refractivity contribution in [3.8, 4) is 11.5 Å². The third kappa shape index (κ3) is 3.55. The van der Waals surface area contributed by atoms with Gasteiger partial charge in [-0.15, -0.1) is 0 Å². The molecule has 1 aromatic heterocycles.